The lowest BCUT2D eigenvalue weighted by Crippen LogP contribution is -2.29. The summed E-state index contributed by atoms with van der Waals surface area (Å²) in [5, 5.41) is -1.01. The fourth-order valence-electron chi connectivity index (χ4n) is 1.57. The summed E-state index contributed by atoms with van der Waals surface area (Å²) in [5.74, 6) is 0.0197. The van der Waals surface area contributed by atoms with Crippen LogP contribution in [0.25, 0.3) is 0 Å². The quantitative estimate of drug-likeness (QED) is 0.695. The second-order valence-corrected chi connectivity index (χ2v) is 8.84. The van der Waals surface area contributed by atoms with Crippen molar-refractivity contribution in [1.29, 1.82) is 0 Å². The Hall–Kier alpha value is 0.290. The SMILES string of the molecule is CO[PH](=O)N(C1CCCS1(=O)=O)[PH](=O)OC. The molecule has 0 amide bonds. The topological polar surface area (TPSA) is 90.0 Å². The standard InChI is InChI=1S/C6H15NO6P2S/c1-12-14(8)7(15(9)13-2)6-4-3-5-16(6,10)11/h6,14-15H,3-5H2,1-2H3. The van der Waals surface area contributed by atoms with Crippen molar-refractivity contribution in [3.63, 3.8) is 0 Å². The average molecular weight is 291 g/mol. The summed E-state index contributed by atoms with van der Waals surface area (Å²) < 4.78 is 56.5. The number of hydrogen-bond donors (Lipinski definition) is 0. The highest BCUT2D eigenvalue weighted by Gasteiger charge is 2.41. The van der Waals surface area contributed by atoms with Gasteiger partial charge in [0.15, 0.2) is 9.84 Å². The first-order valence-electron chi connectivity index (χ1n) is 4.60. The maximum absolute atomic E-state index is 11.6. The summed E-state index contributed by atoms with van der Waals surface area (Å²) in [4.78, 5) is 0. The number of hydrogen-bond acceptors (Lipinski definition) is 6. The van der Waals surface area contributed by atoms with Crippen molar-refractivity contribution in [3.05, 3.63) is 0 Å². The predicted molar refractivity (Wildman–Crippen MR) is 60.7 cm³/mol. The molecule has 1 fully saturated rings. The minimum Gasteiger partial charge on any atom is -0.322 e. The summed E-state index contributed by atoms with van der Waals surface area (Å²) in [6.45, 7) is 0. The normalized spacial score (nSPS) is 28.1. The Kier molecular flexibility index (Phi) is 5.16. The van der Waals surface area contributed by atoms with Crippen LogP contribution in [-0.4, -0.2) is 38.2 Å². The summed E-state index contributed by atoms with van der Waals surface area (Å²) in [5.41, 5.74) is 0. The van der Waals surface area contributed by atoms with E-state index < -0.39 is 31.6 Å². The molecule has 16 heavy (non-hydrogen) atoms. The van der Waals surface area contributed by atoms with Crippen LogP contribution in [0.4, 0.5) is 0 Å². The molecular formula is C6H15NO6P2S. The van der Waals surface area contributed by atoms with Crippen molar-refractivity contribution in [2.45, 2.75) is 18.2 Å². The minimum atomic E-state index is -3.38. The van der Waals surface area contributed by atoms with E-state index in [2.05, 4.69) is 9.05 Å². The summed E-state index contributed by atoms with van der Waals surface area (Å²) in [6.07, 6.45) is 0.781. The van der Waals surface area contributed by atoms with Crippen molar-refractivity contribution in [2.24, 2.45) is 0 Å². The van der Waals surface area contributed by atoms with Crippen molar-refractivity contribution >= 4 is 26.2 Å². The molecule has 1 saturated heterocycles. The van der Waals surface area contributed by atoms with Gasteiger partial charge in [-0.2, -0.15) is 0 Å². The monoisotopic (exact) mass is 291 g/mol. The molecular weight excluding hydrogens is 276 g/mol. The van der Waals surface area contributed by atoms with Crippen LogP contribution in [0.2, 0.25) is 0 Å². The van der Waals surface area contributed by atoms with Gasteiger partial charge in [-0.05, 0) is 12.8 Å². The van der Waals surface area contributed by atoms with E-state index in [4.69, 9.17) is 0 Å². The number of nitrogens with zero attached hydrogens (tertiary/aromatic N) is 1. The molecule has 0 aliphatic carbocycles. The van der Waals surface area contributed by atoms with Crippen LogP contribution in [0, 0.1) is 0 Å². The largest absolute Gasteiger partial charge is 0.322 e. The summed E-state index contributed by atoms with van der Waals surface area (Å²) >= 11 is 0. The van der Waals surface area contributed by atoms with Gasteiger partial charge in [0.1, 0.15) is 5.37 Å². The van der Waals surface area contributed by atoms with Crippen molar-refractivity contribution in [1.82, 2.24) is 4.44 Å². The van der Waals surface area contributed by atoms with Crippen LogP contribution in [0.5, 0.6) is 0 Å². The van der Waals surface area contributed by atoms with Gasteiger partial charge in [0.05, 0.1) is 5.75 Å². The van der Waals surface area contributed by atoms with Gasteiger partial charge >= 0.3 is 0 Å². The summed E-state index contributed by atoms with van der Waals surface area (Å²) in [6, 6.07) is 0. The zero-order valence-corrected chi connectivity index (χ0v) is 11.8. The van der Waals surface area contributed by atoms with Gasteiger partial charge in [-0.15, -0.1) is 4.44 Å². The lowest BCUT2D eigenvalue weighted by molar-refractivity contribution is 0.332. The fraction of sp³-hybridized carbons (Fsp3) is 1.00. The van der Waals surface area contributed by atoms with Gasteiger partial charge in [0.2, 0.25) is 0 Å². The van der Waals surface area contributed by atoms with Crippen LogP contribution in [-0.2, 0) is 28.0 Å². The van der Waals surface area contributed by atoms with Crippen LogP contribution in [0.3, 0.4) is 0 Å². The van der Waals surface area contributed by atoms with E-state index >= 15 is 0 Å². The molecule has 0 bridgehead atoms. The van der Waals surface area contributed by atoms with E-state index in [-0.39, 0.29) is 5.75 Å². The van der Waals surface area contributed by atoms with Crippen LogP contribution in [0.15, 0.2) is 0 Å². The first-order valence-corrected chi connectivity index (χ1v) is 8.85. The van der Waals surface area contributed by atoms with Crippen LogP contribution >= 0.6 is 16.4 Å². The predicted octanol–water partition coefficient (Wildman–Crippen LogP) is 0.895. The average Bonchev–Trinajstić information content (AvgIpc) is 2.58. The molecule has 0 spiro atoms. The molecule has 96 valence electrons. The van der Waals surface area contributed by atoms with E-state index in [1.807, 2.05) is 0 Å². The van der Waals surface area contributed by atoms with E-state index in [1.54, 1.807) is 0 Å². The lowest BCUT2D eigenvalue weighted by atomic mass is 10.3. The molecule has 0 N–H and O–H groups in total. The van der Waals surface area contributed by atoms with Crippen LogP contribution < -0.4 is 0 Å². The van der Waals surface area contributed by atoms with Crippen LogP contribution in [0.1, 0.15) is 12.8 Å². The third-order valence-corrected chi connectivity index (χ3v) is 8.04. The zero-order chi connectivity index (χ0) is 12.3. The highest BCUT2D eigenvalue weighted by Crippen LogP contribution is 2.48. The molecule has 0 radical (unpaired) electrons. The molecule has 10 heteroatoms. The van der Waals surface area contributed by atoms with Gasteiger partial charge in [-0.1, -0.05) is 0 Å². The fourth-order valence-corrected chi connectivity index (χ4v) is 7.00. The third-order valence-electron chi connectivity index (χ3n) is 2.33. The number of rotatable bonds is 5. The maximum atomic E-state index is 11.6. The van der Waals surface area contributed by atoms with Gasteiger partial charge in [-0.25, -0.2) is 8.42 Å². The van der Waals surface area contributed by atoms with Gasteiger partial charge in [0, 0.05) is 14.2 Å². The Balaban J connectivity index is 3.02. The molecule has 3 atom stereocenters. The molecule has 1 aliphatic rings. The second-order valence-electron chi connectivity index (χ2n) is 3.27. The number of sulfone groups is 1. The molecule has 1 heterocycles. The Morgan fingerprint density at radius 1 is 1.19 bits per heavy atom. The van der Waals surface area contributed by atoms with Crippen molar-refractivity contribution in [2.75, 3.05) is 20.0 Å². The maximum Gasteiger partial charge on any atom is 0.269 e. The first kappa shape index (κ1) is 14.4. The Bertz CT molecular complexity index is 380. The Morgan fingerprint density at radius 2 is 1.69 bits per heavy atom. The highest BCUT2D eigenvalue weighted by atomic mass is 32.2. The van der Waals surface area contributed by atoms with Gasteiger partial charge in [0.25, 0.3) is 16.4 Å². The van der Waals surface area contributed by atoms with E-state index in [0.717, 1.165) is 4.44 Å². The molecule has 1 rings (SSSR count). The Labute approximate surface area is 95.9 Å². The Morgan fingerprint density at radius 3 is 2.00 bits per heavy atom. The van der Waals surface area contributed by atoms with Gasteiger partial charge < -0.3 is 9.05 Å². The van der Waals surface area contributed by atoms with E-state index in [0.29, 0.717) is 12.8 Å². The third kappa shape index (κ3) is 2.94. The smallest absolute Gasteiger partial charge is 0.269 e. The molecule has 0 aromatic carbocycles. The minimum absolute atomic E-state index is 0.0197. The first-order chi connectivity index (χ1) is 7.44. The van der Waals surface area contributed by atoms with E-state index in [9.17, 15) is 17.5 Å². The van der Waals surface area contributed by atoms with Gasteiger partial charge in [-0.3, -0.25) is 9.13 Å². The molecule has 0 saturated carbocycles. The summed E-state index contributed by atoms with van der Waals surface area (Å²) in [7, 11) is -6.66. The van der Waals surface area contributed by atoms with Crippen molar-refractivity contribution in [3.8, 4) is 0 Å². The molecule has 7 nitrogen and oxygen atoms in total. The lowest BCUT2D eigenvalue weighted by Gasteiger charge is -2.24. The second kappa shape index (κ2) is 5.76. The van der Waals surface area contributed by atoms with Crippen molar-refractivity contribution < 1.29 is 26.6 Å². The molecule has 3 unspecified atom stereocenters. The molecule has 0 aromatic heterocycles. The molecule has 1 aliphatic heterocycles. The molecule has 0 aromatic rings. The highest BCUT2D eigenvalue weighted by molar-refractivity contribution is 7.92. The zero-order valence-electron chi connectivity index (χ0n) is 9.00. The van der Waals surface area contributed by atoms with E-state index in [1.165, 1.54) is 14.2 Å².